The molecule has 0 atom stereocenters. The van der Waals surface area contributed by atoms with Gasteiger partial charge >= 0.3 is 5.97 Å². The molecule has 2 aromatic rings. The minimum atomic E-state index is -0.473. The molecule has 6 nitrogen and oxygen atoms in total. The molecule has 0 amide bonds. The fourth-order valence-electron chi connectivity index (χ4n) is 1.65. The van der Waals surface area contributed by atoms with E-state index in [0.29, 0.717) is 17.6 Å². The van der Waals surface area contributed by atoms with Crippen molar-refractivity contribution in [1.29, 1.82) is 0 Å². The fourth-order valence-corrected chi connectivity index (χ4v) is 1.99. The second kappa shape index (κ2) is 5.34. The Balaban J connectivity index is 2.28. The van der Waals surface area contributed by atoms with Crippen LogP contribution in [0.1, 0.15) is 28.9 Å². The first-order valence-electron chi connectivity index (χ1n) is 5.40. The van der Waals surface area contributed by atoms with Crippen LogP contribution in [-0.2, 0) is 17.7 Å². The molecule has 18 heavy (non-hydrogen) atoms. The number of hydrogen-bond acceptors (Lipinski definition) is 5. The van der Waals surface area contributed by atoms with E-state index in [1.165, 1.54) is 7.11 Å². The summed E-state index contributed by atoms with van der Waals surface area (Å²) in [6.07, 6.45) is 0.638. The molecule has 0 bridgehead atoms. The summed E-state index contributed by atoms with van der Waals surface area (Å²) >= 11 is 3.23. The molecule has 0 unspecified atom stereocenters. The summed E-state index contributed by atoms with van der Waals surface area (Å²) < 4.78 is 12.3. The Labute approximate surface area is 112 Å². The van der Waals surface area contributed by atoms with Crippen LogP contribution < -0.4 is 0 Å². The first kappa shape index (κ1) is 12.8. The molecule has 0 spiro atoms. The van der Waals surface area contributed by atoms with E-state index in [0.717, 1.165) is 11.5 Å². The molecule has 7 heteroatoms. The lowest BCUT2D eigenvalue weighted by Gasteiger charge is -2.03. The number of halogens is 1. The van der Waals surface area contributed by atoms with Gasteiger partial charge in [-0.2, -0.15) is 0 Å². The highest BCUT2D eigenvalue weighted by atomic mass is 79.9. The monoisotopic (exact) mass is 313 g/mol. The molecule has 2 aromatic heterocycles. The number of carbonyl (C=O) groups is 1. The third-order valence-electron chi connectivity index (χ3n) is 2.49. The summed E-state index contributed by atoms with van der Waals surface area (Å²) in [6, 6.07) is 3.64. The van der Waals surface area contributed by atoms with E-state index < -0.39 is 5.97 Å². The lowest BCUT2D eigenvalue weighted by atomic mass is 10.2. The van der Waals surface area contributed by atoms with Crippen LogP contribution in [0.2, 0.25) is 0 Å². The number of nitrogens with zero attached hydrogens (tertiary/aromatic N) is 3. The Morgan fingerprint density at radius 1 is 1.56 bits per heavy atom. The molecule has 0 aromatic carbocycles. The Morgan fingerprint density at radius 3 is 2.89 bits per heavy atom. The van der Waals surface area contributed by atoms with Gasteiger partial charge in [-0.25, -0.2) is 9.48 Å². The van der Waals surface area contributed by atoms with Gasteiger partial charge in [-0.15, -0.1) is 5.10 Å². The molecule has 2 heterocycles. The molecule has 0 aliphatic rings. The summed E-state index contributed by atoms with van der Waals surface area (Å²) in [7, 11) is 1.32. The Bertz CT molecular complexity index is 562. The third kappa shape index (κ3) is 2.45. The number of furan rings is 1. The van der Waals surface area contributed by atoms with Gasteiger partial charge in [0.05, 0.1) is 12.8 Å². The number of methoxy groups -OCH3 is 1. The summed E-state index contributed by atoms with van der Waals surface area (Å²) in [5.41, 5.74) is 0.986. The standard InChI is InChI=1S/C11H12BrN3O3/c1-3-8-10(11(16)17-2)13-14-15(8)6-7-4-5-9(12)18-7/h4-5H,3,6H2,1-2H3. The predicted molar refractivity (Wildman–Crippen MR) is 66.2 cm³/mol. The summed E-state index contributed by atoms with van der Waals surface area (Å²) in [5, 5.41) is 7.80. The molecule has 96 valence electrons. The molecule has 0 aliphatic carbocycles. The SMILES string of the molecule is CCc1c(C(=O)OC)nnn1Cc1ccc(Br)o1. The van der Waals surface area contributed by atoms with E-state index >= 15 is 0 Å². The Hall–Kier alpha value is -1.63. The summed E-state index contributed by atoms with van der Waals surface area (Å²) in [5.74, 6) is 0.261. The first-order chi connectivity index (χ1) is 8.65. The maximum atomic E-state index is 11.5. The van der Waals surface area contributed by atoms with Crippen LogP contribution in [0.4, 0.5) is 0 Å². The van der Waals surface area contributed by atoms with Crippen LogP contribution in [-0.4, -0.2) is 28.1 Å². The zero-order chi connectivity index (χ0) is 13.1. The molecular weight excluding hydrogens is 302 g/mol. The van der Waals surface area contributed by atoms with Crippen molar-refractivity contribution in [3.63, 3.8) is 0 Å². The van der Waals surface area contributed by atoms with Gasteiger partial charge in [-0.1, -0.05) is 12.1 Å². The number of esters is 1. The van der Waals surface area contributed by atoms with Gasteiger partial charge in [0.2, 0.25) is 0 Å². The molecule has 0 saturated carbocycles. The Morgan fingerprint density at radius 2 is 2.33 bits per heavy atom. The number of ether oxygens (including phenoxy) is 1. The van der Waals surface area contributed by atoms with Gasteiger partial charge in [0.15, 0.2) is 10.4 Å². The predicted octanol–water partition coefficient (Wildman–Crippen LogP) is 2.03. The molecule has 0 N–H and O–H groups in total. The van der Waals surface area contributed by atoms with Crippen LogP contribution in [0, 0.1) is 0 Å². The molecule has 0 fully saturated rings. The largest absolute Gasteiger partial charge is 0.464 e. The topological polar surface area (TPSA) is 70.2 Å². The minimum Gasteiger partial charge on any atom is -0.464 e. The fraction of sp³-hybridized carbons (Fsp3) is 0.364. The maximum Gasteiger partial charge on any atom is 0.360 e. The van der Waals surface area contributed by atoms with Gasteiger partial charge in [0.25, 0.3) is 0 Å². The van der Waals surface area contributed by atoms with Crippen molar-refractivity contribution in [1.82, 2.24) is 15.0 Å². The molecule has 0 saturated heterocycles. The zero-order valence-corrected chi connectivity index (χ0v) is 11.6. The number of carbonyl (C=O) groups excluding carboxylic acids is 1. The van der Waals surface area contributed by atoms with E-state index in [4.69, 9.17) is 4.42 Å². The van der Waals surface area contributed by atoms with Crippen molar-refractivity contribution in [2.24, 2.45) is 0 Å². The third-order valence-corrected chi connectivity index (χ3v) is 2.91. The number of hydrogen-bond donors (Lipinski definition) is 0. The van der Waals surface area contributed by atoms with E-state index in [9.17, 15) is 4.79 Å². The quantitative estimate of drug-likeness (QED) is 0.808. The van der Waals surface area contributed by atoms with Crippen molar-refractivity contribution < 1.29 is 13.9 Å². The minimum absolute atomic E-state index is 0.255. The maximum absolute atomic E-state index is 11.5. The summed E-state index contributed by atoms with van der Waals surface area (Å²) in [6.45, 7) is 2.36. The number of aromatic nitrogens is 3. The highest BCUT2D eigenvalue weighted by Gasteiger charge is 2.19. The molecule has 0 radical (unpaired) electrons. The van der Waals surface area contributed by atoms with E-state index in [1.54, 1.807) is 10.7 Å². The summed E-state index contributed by atoms with van der Waals surface area (Å²) in [4.78, 5) is 11.5. The number of rotatable bonds is 4. The van der Waals surface area contributed by atoms with Gasteiger partial charge in [0.1, 0.15) is 12.3 Å². The Kier molecular flexibility index (Phi) is 3.81. The van der Waals surface area contributed by atoms with Crippen LogP contribution in [0.15, 0.2) is 21.2 Å². The average Bonchev–Trinajstić information content (AvgIpc) is 2.95. The lowest BCUT2D eigenvalue weighted by Crippen LogP contribution is -2.09. The normalized spacial score (nSPS) is 10.6. The van der Waals surface area contributed by atoms with E-state index in [-0.39, 0.29) is 5.69 Å². The first-order valence-corrected chi connectivity index (χ1v) is 6.20. The van der Waals surface area contributed by atoms with Crippen LogP contribution >= 0.6 is 15.9 Å². The smallest absolute Gasteiger partial charge is 0.360 e. The van der Waals surface area contributed by atoms with Crippen LogP contribution in [0.3, 0.4) is 0 Å². The van der Waals surface area contributed by atoms with E-state index in [2.05, 4.69) is 31.0 Å². The molecule has 2 rings (SSSR count). The lowest BCUT2D eigenvalue weighted by molar-refractivity contribution is 0.0592. The van der Waals surface area contributed by atoms with Gasteiger partial charge in [-0.05, 0) is 34.5 Å². The second-order valence-electron chi connectivity index (χ2n) is 3.59. The second-order valence-corrected chi connectivity index (χ2v) is 4.37. The van der Waals surface area contributed by atoms with Crippen LogP contribution in [0.25, 0.3) is 0 Å². The highest BCUT2D eigenvalue weighted by Crippen LogP contribution is 2.16. The van der Waals surface area contributed by atoms with E-state index in [1.807, 2.05) is 13.0 Å². The van der Waals surface area contributed by atoms with Crippen molar-refractivity contribution in [3.05, 3.63) is 34.0 Å². The van der Waals surface area contributed by atoms with Crippen molar-refractivity contribution in [2.75, 3.05) is 7.11 Å². The average molecular weight is 314 g/mol. The van der Waals surface area contributed by atoms with Gasteiger partial charge in [-0.3, -0.25) is 0 Å². The zero-order valence-electron chi connectivity index (χ0n) is 10.0. The van der Waals surface area contributed by atoms with Crippen molar-refractivity contribution >= 4 is 21.9 Å². The molecular formula is C11H12BrN3O3. The highest BCUT2D eigenvalue weighted by molar-refractivity contribution is 9.10. The van der Waals surface area contributed by atoms with Crippen molar-refractivity contribution in [2.45, 2.75) is 19.9 Å². The van der Waals surface area contributed by atoms with Crippen molar-refractivity contribution in [3.8, 4) is 0 Å². The van der Waals surface area contributed by atoms with Gasteiger partial charge in [0, 0.05) is 0 Å². The van der Waals surface area contributed by atoms with Gasteiger partial charge < -0.3 is 9.15 Å². The van der Waals surface area contributed by atoms with Crippen LogP contribution in [0.5, 0.6) is 0 Å². The molecule has 0 aliphatic heterocycles.